The maximum Gasteiger partial charge on any atom is 0.131 e. The molecule has 0 spiro atoms. The van der Waals surface area contributed by atoms with Gasteiger partial charge >= 0.3 is 0 Å². The average Bonchev–Trinajstić information content (AvgIpc) is 2.73. The van der Waals surface area contributed by atoms with Crippen molar-refractivity contribution in [2.75, 3.05) is 6.61 Å². The highest BCUT2D eigenvalue weighted by molar-refractivity contribution is 6.08. The molecule has 1 atom stereocenters. The second-order valence-corrected chi connectivity index (χ2v) is 4.46. The predicted octanol–water partition coefficient (Wildman–Crippen LogP) is 4.35. The normalized spacial score (nSPS) is 13.2. The van der Waals surface area contributed by atoms with Crippen molar-refractivity contribution in [3.05, 3.63) is 48.5 Å². The molecule has 0 aliphatic carbocycles. The quantitative estimate of drug-likeness (QED) is 0.662. The Labute approximate surface area is 107 Å². The Morgan fingerprint density at radius 3 is 1.94 bits per heavy atom. The lowest BCUT2D eigenvalue weighted by molar-refractivity contribution is 0.0308. The molecule has 0 saturated heterocycles. The number of aromatic nitrogens is 1. The molecule has 3 aromatic rings. The molecule has 0 fully saturated rings. The lowest BCUT2D eigenvalue weighted by Gasteiger charge is -2.16. The van der Waals surface area contributed by atoms with E-state index in [0.717, 1.165) is 6.61 Å². The van der Waals surface area contributed by atoms with Gasteiger partial charge in [-0.1, -0.05) is 36.4 Å². The van der Waals surface area contributed by atoms with Crippen molar-refractivity contribution in [1.29, 1.82) is 0 Å². The van der Waals surface area contributed by atoms with E-state index in [4.69, 9.17) is 4.74 Å². The number of rotatable bonds is 3. The summed E-state index contributed by atoms with van der Waals surface area (Å²) in [4.78, 5) is 0. The molecule has 2 nitrogen and oxygen atoms in total. The number of benzene rings is 2. The van der Waals surface area contributed by atoms with Gasteiger partial charge in [0.05, 0.1) is 11.0 Å². The maximum atomic E-state index is 5.77. The highest BCUT2D eigenvalue weighted by atomic mass is 16.5. The summed E-state index contributed by atoms with van der Waals surface area (Å²) in [5, 5.41) is 2.58. The van der Waals surface area contributed by atoms with E-state index in [1.165, 1.54) is 21.8 Å². The van der Waals surface area contributed by atoms with E-state index in [1.807, 2.05) is 6.92 Å². The smallest absolute Gasteiger partial charge is 0.131 e. The number of hydrogen-bond acceptors (Lipinski definition) is 1. The molecule has 92 valence electrons. The number of nitrogens with zero attached hydrogens (tertiary/aromatic N) is 1. The summed E-state index contributed by atoms with van der Waals surface area (Å²) in [7, 11) is 0. The van der Waals surface area contributed by atoms with Crippen LogP contribution >= 0.6 is 0 Å². The van der Waals surface area contributed by atoms with Gasteiger partial charge in [0.2, 0.25) is 0 Å². The highest BCUT2D eigenvalue weighted by Gasteiger charge is 2.13. The molecule has 0 radical (unpaired) electrons. The van der Waals surface area contributed by atoms with Gasteiger partial charge in [-0.15, -0.1) is 0 Å². The lowest BCUT2D eigenvalue weighted by atomic mass is 10.2. The maximum absolute atomic E-state index is 5.77. The van der Waals surface area contributed by atoms with Crippen molar-refractivity contribution in [3.8, 4) is 0 Å². The van der Waals surface area contributed by atoms with Crippen LogP contribution in [0.5, 0.6) is 0 Å². The zero-order valence-corrected chi connectivity index (χ0v) is 10.8. The zero-order valence-electron chi connectivity index (χ0n) is 10.8. The first-order valence-electron chi connectivity index (χ1n) is 6.42. The third kappa shape index (κ3) is 1.61. The number of fused-ring (bicyclic) bond motifs is 3. The van der Waals surface area contributed by atoms with Crippen LogP contribution in [0, 0.1) is 0 Å². The van der Waals surface area contributed by atoms with Crippen LogP contribution < -0.4 is 0 Å². The van der Waals surface area contributed by atoms with Crippen molar-refractivity contribution >= 4 is 21.8 Å². The summed E-state index contributed by atoms with van der Waals surface area (Å²) in [5.41, 5.74) is 2.47. The number of hydrogen-bond donors (Lipinski definition) is 0. The van der Waals surface area contributed by atoms with Crippen LogP contribution in [-0.4, -0.2) is 11.2 Å². The Hall–Kier alpha value is -1.80. The summed E-state index contributed by atoms with van der Waals surface area (Å²) in [6, 6.07) is 17.0. The van der Waals surface area contributed by atoms with Gasteiger partial charge in [-0.3, -0.25) is 0 Å². The van der Waals surface area contributed by atoms with Crippen LogP contribution in [0.1, 0.15) is 20.1 Å². The second kappa shape index (κ2) is 4.46. The molecule has 0 N–H and O–H groups in total. The van der Waals surface area contributed by atoms with E-state index in [2.05, 4.69) is 60.0 Å². The number of ether oxygens (including phenoxy) is 1. The van der Waals surface area contributed by atoms with Crippen molar-refractivity contribution in [1.82, 2.24) is 4.57 Å². The average molecular weight is 239 g/mol. The zero-order chi connectivity index (χ0) is 12.5. The summed E-state index contributed by atoms with van der Waals surface area (Å²) < 4.78 is 8.04. The van der Waals surface area contributed by atoms with Crippen LogP contribution in [0.25, 0.3) is 21.8 Å². The first-order chi connectivity index (χ1) is 8.83. The van der Waals surface area contributed by atoms with Crippen LogP contribution in [-0.2, 0) is 4.74 Å². The molecule has 2 heteroatoms. The van der Waals surface area contributed by atoms with Gasteiger partial charge in [0.25, 0.3) is 0 Å². The fourth-order valence-corrected chi connectivity index (χ4v) is 2.66. The molecule has 2 aromatic carbocycles. The molecule has 3 rings (SSSR count). The molecule has 0 amide bonds. The monoisotopic (exact) mass is 239 g/mol. The van der Waals surface area contributed by atoms with E-state index in [0.29, 0.717) is 0 Å². The van der Waals surface area contributed by atoms with E-state index >= 15 is 0 Å². The molecule has 1 heterocycles. The van der Waals surface area contributed by atoms with Crippen LogP contribution in [0.2, 0.25) is 0 Å². The van der Waals surface area contributed by atoms with Gasteiger partial charge in [0.1, 0.15) is 6.23 Å². The SMILES string of the molecule is CCOC(C)n1c2ccccc2c2ccccc21. The van der Waals surface area contributed by atoms with E-state index in [9.17, 15) is 0 Å². The molecule has 1 aromatic heterocycles. The molecular weight excluding hydrogens is 222 g/mol. The van der Waals surface area contributed by atoms with E-state index in [-0.39, 0.29) is 6.23 Å². The largest absolute Gasteiger partial charge is 0.359 e. The molecule has 1 unspecified atom stereocenters. The summed E-state index contributed by atoms with van der Waals surface area (Å²) >= 11 is 0. The van der Waals surface area contributed by atoms with Crippen molar-refractivity contribution in [2.24, 2.45) is 0 Å². The molecule has 18 heavy (non-hydrogen) atoms. The Balaban J connectivity index is 2.38. The lowest BCUT2D eigenvalue weighted by Crippen LogP contribution is -2.08. The van der Waals surface area contributed by atoms with Crippen molar-refractivity contribution < 1.29 is 4.74 Å². The van der Waals surface area contributed by atoms with E-state index in [1.54, 1.807) is 0 Å². The van der Waals surface area contributed by atoms with Crippen LogP contribution in [0.4, 0.5) is 0 Å². The van der Waals surface area contributed by atoms with Gasteiger partial charge in [-0.25, -0.2) is 0 Å². The fraction of sp³-hybridized carbons (Fsp3) is 0.250. The van der Waals surface area contributed by atoms with Crippen molar-refractivity contribution in [2.45, 2.75) is 20.1 Å². The minimum absolute atomic E-state index is 0.0554. The minimum Gasteiger partial charge on any atom is -0.359 e. The van der Waals surface area contributed by atoms with Gasteiger partial charge < -0.3 is 9.30 Å². The van der Waals surface area contributed by atoms with Gasteiger partial charge in [0, 0.05) is 17.4 Å². The topological polar surface area (TPSA) is 14.2 Å². The number of para-hydroxylation sites is 2. The first-order valence-corrected chi connectivity index (χ1v) is 6.42. The second-order valence-electron chi connectivity index (χ2n) is 4.46. The van der Waals surface area contributed by atoms with Crippen molar-refractivity contribution in [3.63, 3.8) is 0 Å². The molecule has 0 aliphatic rings. The predicted molar refractivity (Wildman–Crippen MR) is 75.8 cm³/mol. The fourth-order valence-electron chi connectivity index (χ4n) is 2.66. The Morgan fingerprint density at radius 2 is 1.44 bits per heavy atom. The van der Waals surface area contributed by atoms with Crippen LogP contribution in [0.15, 0.2) is 48.5 Å². The standard InChI is InChI=1S/C16H17NO/c1-3-18-12(2)17-15-10-6-4-8-13(15)14-9-5-7-11-16(14)17/h4-12H,3H2,1-2H3. The van der Waals surface area contributed by atoms with Gasteiger partial charge in [-0.2, -0.15) is 0 Å². The Morgan fingerprint density at radius 1 is 0.944 bits per heavy atom. The molecule has 0 bridgehead atoms. The Bertz CT molecular complexity index is 630. The van der Waals surface area contributed by atoms with Gasteiger partial charge in [-0.05, 0) is 26.0 Å². The van der Waals surface area contributed by atoms with Crippen LogP contribution in [0.3, 0.4) is 0 Å². The minimum atomic E-state index is 0.0554. The summed E-state index contributed by atoms with van der Waals surface area (Å²) in [6.07, 6.45) is 0.0554. The Kier molecular flexibility index (Phi) is 2.80. The molecule has 0 aliphatic heterocycles. The highest BCUT2D eigenvalue weighted by Crippen LogP contribution is 2.31. The third-order valence-electron chi connectivity index (χ3n) is 3.39. The molecule has 0 saturated carbocycles. The summed E-state index contributed by atoms with van der Waals surface area (Å²) in [5.74, 6) is 0. The van der Waals surface area contributed by atoms with Gasteiger partial charge in [0.15, 0.2) is 0 Å². The summed E-state index contributed by atoms with van der Waals surface area (Å²) in [6.45, 7) is 4.86. The first kappa shape index (κ1) is 11.3. The van der Waals surface area contributed by atoms with E-state index < -0.39 is 0 Å². The third-order valence-corrected chi connectivity index (χ3v) is 3.39. The molecular formula is C16H17NO.